The Kier molecular flexibility index (Phi) is 4.35. The van der Waals surface area contributed by atoms with Crippen LogP contribution in [0.4, 0.5) is 0 Å². The van der Waals surface area contributed by atoms with Gasteiger partial charge in [-0.2, -0.15) is 0 Å². The fraction of sp³-hybridized carbons (Fsp3) is 0.200. The highest BCUT2D eigenvalue weighted by molar-refractivity contribution is 8.00. The van der Waals surface area contributed by atoms with Gasteiger partial charge in [0.05, 0.1) is 12.9 Å². The van der Waals surface area contributed by atoms with Gasteiger partial charge >= 0.3 is 0 Å². The summed E-state index contributed by atoms with van der Waals surface area (Å²) in [7, 11) is 1.57. The van der Waals surface area contributed by atoms with Gasteiger partial charge in [0.25, 0.3) is 11.8 Å². The molecular formula is C15H14N2O3S2. The highest BCUT2D eigenvalue weighted by Crippen LogP contribution is 2.39. The molecule has 1 fully saturated rings. The van der Waals surface area contributed by atoms with Gasteiger partial charge in [-0.15, -0.1) is 23.1 Å². The standard InChI is InChI=1S/C15H14N2O3S2/c1-20-11-6-4-10(5-7-11)14(19)16-17-13(18)9-22-15(17)12-3-2-8-21-12/h2-8,15H,9H2,1H3,(H,16,19)/t15-/m0/s1. The third-order valence-electron chi connectivity index (χ3n) is 3.23. The van der Waals surface area contributed by atoms with Crippen molar-refractivity contribution in [2.24, 2.45) is 0 Å². The molecule has 1 saturated heterocycles. The number of carbonyl (C=O) groups excluding carboxylic acids is 2. The van der Waals surface area contributed by atoms with Crippen LogP contribution in [0.1, 0.15) is 20.6 Å². The fourth-order valence-corrected chi connectivity index (χ4v) is 4.17. The minimum absolute atomic E-state index is 0.0924. The molecular weight excluding hydrogens is 320 g/mol. The summed E-state index contributed by atoms with van der Waals surface area (Å²) in [5, 5.41) is 3.22. The molecule has 0 aliphatic carbocycles. The SMILES string of the molecule is COc1ccc(C(=O)NN2C(=O)CS[C@H]2c2cccs2)cc1. The van der Waals surface area contributed by atoms with E-state index in [0.717, 1.165) is 4.88 Å². The second-order valence-electron chi connectivity index (χ2n) is 4.61. The highest BCUT2D eigenvalue weighted by Gasteiger charge is 2.35. The molecule has 114 valence electrons. The smallest absolute Gasteiger partial charge is 0.269 e. The van der Waals surface area contributed by atoms with E-state index in [1.165, 1.54) is 16.8 Å². The van der Waals surface area contributed by atoms with E-state index >= 15 is 0 Å². The lowest BCUT2D eigenvalue weighted by atomic mass is 10.2. The number of nitrogens with zero attached hydrogens (tertiary/aromatic N) is 1. The Hall–Kier alpha value is -1.99. The summed E-state index contributed by atoms with van der Waals surface area (Å²) < 4.78 is 5.07. The third kappa shape index (κ3) is 2.95. The second-order valence-corrected chi connectivity index (χ2v) is 6.66. The molecule has 0 radical (unpaired) electrons. The van der Waals surface area contributed by atoms with Crippen molar-refractivity contribution in [2.75, 3.05) is 12.9 Å². The minimum atomic E-state index is -0.306. The number of thiophene rings is 1. The Morgan fingerprint density at radius 2 is 2.09 bits per heavy atom. The molecule has 22 heavy (non-hydrogen) atoms. The number of hydrogen-bond donors (Lipinski definition) is 1. The van der Waals surface area contributed by atoms with E-state index < -0.39 is 0 Å². The van der Waals surface area contributed by atoms with Crippen LogP contribution >= 0.6 is 23.1 Å². The molecule has 2 aromatic rings. The number of thioether (sulfide) groups is 1. The van der Waals surface area contributed by atoms with E-state index in [0.29, 0.717) is 17.1 Å². The molecule has 0 spiro atoms. The number of carbonyl (C=O) groups is 2. The van der Waals surface area contributed by atoms with Crippen molar-refractivity contribution in [1.82, 2.24) is 10.4 Å². The van der Waals surface area contributed by atoms with Gasteiger partial charge in [-0.1, -0.05) is 6.07 Å². The summed E-state index contributed by atoms with van der Waals surface area (Å²) in [6.07, 6.45) is 0. The van der Waals surface area contributed by atoms with Crippen LogP contribution in [0.3, 0.4) is 0 Å². The van der Waals surface area contributed by atoms with Gasteiger partial charge in [0.2, 0.25) is 0 Å². The van der Waals surface area contributed by atoms with Gasteiger partial charge in [-0.3, -0.25) is 15.0 Å². The molecule has 1 atom stereocenters. The second kappa shape index (κ2) is 6.41. The first-order chi connectivity index (χ1) is 10.7. The van der Waals surface area contributed by atoms with Crippen molar-refractivity contribution in [3.8, 4) is 5.75 Å². The molecule has 5 nitrogen and oxygen atoms in total. The molecule has 1 aromatic heterocycles. The zero-order valence-corrected chi connectivity index (χ0v) is 13.4. The molecule has 1 N–H and O–H groups in total. The van der Waals surface area contributed by atoms with Crippen molar-refractivity contribution in [2.45, 2.75) is 5.37 Å². The maximum atomic E-state index is 12.3. The molecule has 0 unspecified atom stereocenters. The first-order valence-electron chi connectivity index (χ1n) is 6.61. The normalized spacial score (nSPS) is 17.6. The van der Waals surface area contributed by atoms with E-state index in [1.54, 1.807) is 42.7 Å². The van der Waals surface area contributed by atoms with Crippen LogP contribution in [-0.2, 0) is 4.79 Å². The predicted molar refractivity (Wildman–Crippen MR) is 86.8 cm³/mol. The summed E-state index contributed by atoms with van der Waals surface area (Å²) in [6.45, 7) is 0. The highest BCUT2D eigenvalue weighted by atomic mass is 32.2. The number of hydrogen-bond acceptors (Lipinski definition) is 5. The Balaban J connectivity index is 1.75. The average Bonchev–Trinajstić information content (AvgIpc) is 3.18. The number of benzene rings is 1. The Morgan fingerprint density at radius 1 is 1.32 bits per heavy atom. The van der Waals surface area contributed by atoms with E-state index in [1.807, 2.05) is 17.5 Å². The Labute approximate surface area is 136 Å². The molecule has 2 amide bonds. The lowest BCUT2D eigenvalue weighted by molar-refractivity contribution is -0.130. The van der Waals surface area contributed by atoms with E-state index in [-0.39, 0.29) is 17.2 Å². The van der Waals surface area contributed by atoms with E-state index in [2.05, 4.69) is 5.43 Å². The zero-order valence-electron chi connectivity index (χ0n) is 11.8. The van der Waals surface area contributed by atoms with Gasteiger partial charge < -0.3 is 4.74 Å². The van der Waals surface area contributed by atoms with Crippen LogP contribution in [0.2, 0.25) is 0 Å². The summed E-state index contributed by atoms with van der Waals surface area (Å²) in [5.74, 6) is 0.650. The van der Waals surface area contributed by atoms with Gasteiger partial charge in [-0.25, -0.2) is 5.01 Å². The number of amides is 2. The quantitative estimate of drug-likeness (QED) is 0.934. The van der Waals surface area contributed by atoms with Crippen LogP contribution in [0, 0.1) is 0 Å². The predicted octanol–water partition coefficient (Wildman–Crippen LogP) is 2.68. The third-order valence-corrected chi connectivity index (χ3v) is 5.50. The molecule has 3 rings (SSSR count). The Morgan fingerprint density at radius 3 is 2.73 bits per heavy atom. The molecule has 2 heterocycles. The van der Waals surface area contributed by atoms with Gasteiger partial charge in [0, 0.05) is 10.4 Å². The van der Waals surface area contributed by atoms with Crippen LogP contribution in [0.5, 0.6) is 5.75 Å². The molecule has 1 aromatic carbocycles. The number of methoxy groups -OCH3 is 1. The molecule has 1 aliphatic heterocycles. The average molecular weight is 334 g/mol. The topological polar surface area (TPSA) is 58.6 Å². The minimum Gasteiger partial charge on any atom is -0.497 e. The fourth-order valence-electron chi connectivity index (χ4n) is 2.10. The van der Waals surface area contributed by atoms with Crippen LogP contribution in [-0.4, -0.2) is 29.7 Å². The molecule has 1 aliphatic rings. The van der Waals surface area contributed by atoms with Crippen LogP contribution < -0.4 is 10.2 Å². The van der Waals surface area contributed by atoms with E-state index in [4.69, 9.17) is 4.74 Å². The van der Waals surface area contributed by atoms with Crippen molar-refractivity contribution in [3.63, 3.8) is 0 Å². The summed E-state index contributed by atoms with van der Waals surface area (Å²) >= 11 is 3.08. The summed E-state index contributed by atoms with van der Waals surface area (Å²) in [6, 6.07) is 10.7. The molecule has 0 saturated carbocycles. The maximum absolute atomic E-state index is 12.3. The zero-order chi connectivity index (χ0) is 15.5. The molecule has 0 bridgehead atoms. The first-order valence-corrected chi connectivity index (χ1v) is 8.54. The van der Waals surface area contributed by atoms with Crippen LogP contribution in [0.15, 0.2) is 41.8 Å². The summed E-state index contributed by atoms with van der Waals surface area (Å²) in [5.41, 5.74) is 3.19. The number of ether oxygens (including phenoxy) is 1. The van der Waals surface area contributed by atoms with Crippen molar-refractivity contribution < 1.29 is 14.3 Å². The van der Waals surface area contributed by atoms with E-state index in [9.17, 15) is 9.59 Å². The van der Waals surface area contributed by atoms with Gasteiger partial charge in [-0.05, 0) is 35.7 Å². The van der Waals surface area contributed by atoms with Crippen molar-refractivity contribution in [1.29, 1.82) is 0 Å². The lowest BCUT2D eigenvalue weighted by Crippen LogP contribution is -2.44. The number of nitrogens with one attached hydrogen (secondary N) is 1. The van der Waals surface area contributed by atoms with Crippen LogP contribution in [0.25, 0.3) is 0 Å². The lowest BCUT2D eigenvalue weighted by Gasteiger charge is -2.23. The summed E-state index contributed by atoms with van der Waals surface area (Å²) in [4.78, 5) is 25.4. The largest absolute Gasteiger partial charge is 0.497 e. The van der Waals surface area contributed by atoms with Gasteiger partial charge in [0.1, 0.15) is 11.1 Å². The first kappa shape index (κ1) is 14.9. The maximum Gasteiger partial charge on any atom is 0.269 e. The number of rotatable bonds is 4. The monoisotopic (exact) mass is 334 g/mol. The Bertz CT molecular complexity index is 671. The van der Waals surface area contributed by atoms with Crippen molar-refractivity contribution >= 4 is 34.9 Å². The molecule has 7 heteroatoms. The number of hydrazine groups is 1. The van der Waals surface area contributed by atoms with Crippen molar-refractivity contribution in [3.05, 3.63) is 52.2 Å². The van der Waals surface area contributed by atoms with Gasteiger partial charge in [0.15, 0.2) is 0 Å².